The van der Waals surface area contributed by atoms with Gasteiger partial charge in [-0.15, -0.1) is 0 Å². The first-order chi connectivity index (χ1) is 13.1. The van der Waals surface area contributed by atoms with Gasteiger partial charge in [0, 0.05) is 50.9 Å². The SMILES string of the molecule is Cc1nc(C(=O)NCc2ccncc2)cc(N2CCC3(CC2)OCCO3)n1. The van der Waals surface area contributed by atoms with Crippen molar-refractivity contribution >= 4 is 11.7 Å². The largest absolute Gasteiger partial charge is 0.356 e. The number of piperidine rings is 1. The number of aromatic nitrogens is 3. The Kier molecular flexibility index (Phi) is 5.00. The van der Waals surface area contributed by atoms with Crippen LogP contribution in [0.5, 0.6) is 0 Å². The second-order valence-corrected chi connectivity index (χ2v) is 6.79. The smallest absolute Gasteiger partial charge is 0.270 e. The van der Waals surface area contributed by atoms with E-state index < -0.39 is 5.79 Å². The van der Waals surface area contributed by atoms with Crippen molar-refractivity contribution in [2.24, 2.45) is 0 Å². The van der Waals surface area contributed by atoms with Gasteiger partial charge in [-0.05, 0) is 24.6 Å². The third-order valence-corrected chi connectivity index (χ3v) is 4.92. The molecule has 2 aliphatic heterocycles. The fourth-order valence-electron chi connectivity index (χ4n) is 3.47. The Morgan fingerprint density at radius 2 is 1.89 bits per heavy atom. The number of carbonyl (C=O) groups is 1. The first-order valence-electron chi connectivity index (χ1n) is 9.19. The summed E-state index contributed by atoms with van der Waals surface area (Å²) in [6, 6.07) is 5.49. The lowest BCUT2D eigenvalue weighted by atomic mass is 10.0. The van der Waals surface area contributed by atoms with E-state index in [4.69, 9.17) is 9.47 Å². The lowest BCUT2D eigenvalue weighted by molar-refractivity contribution is -0.169. The number of nitrogens with zero attached hydrogens (tertiary/aromatic N) is 4. The molecule has 142 valence electrons. The van der Waals surface area contributed by atoms with Gasteiger partial charge in [-0.25, -0.2) is 9.97 Å². The average molecular weight is 369 g/mol. The topological polar surface area (TPSA) is 89.5 Å². The number of hydrogen-bond acceptors (Lipinski definition) is 7. The maximum absolute atomic E-state index is 12.5. The molecule has 0 atom stereocenters. The third-order valence-electron chi connectivity index (χ3n) is 4.92. The van der Waals surface area contributed by atoms with Crippen molar-refractivity contribution < 1.29 is 14.3 Å². The van der Waals surface area contributed by atoms with Gasteiger partial charge in [-0.2, -0.15) is 0 Å². The number of nitrogens with one attached hydrogen (secondary N) is 1. The molecule has 27 heavy (non-hydrogen) atoms. The van der Waals surface area contributed by atoms with E-state index in [-0.39, 0.29) is 5.91 Å². The van der Waals surface area contributed by atoms with Gasteiger partial charge in [0.2, 0.25) is 0 Å². The molecule has 1 spiro atoms. The summed E-state index contributed by atoms with van der Waals surface area (Å²) in [6.45, 7) is 5.10. The molecule has 1 N–H and O–H groups in total. The van der Waals surface area contributed by atoms with Crippen molar-refractivity contribution in [2.45, 2.75) is 32.1 Å². The van der Waals surface area contributed by atoms with E-state index in [9.17, 15) is 4.79 Å². The zero-order valence-corrected chi connectivity index (χ0v) is 15.4. The van der Waals surface area contributed by atoms with Crippen LogP contribution in [-0.4, -0.2) is 52.9 Å². The molecule has 2 saturated heterocycles. The summed E-state index contributed by atoms with van der Waals surface area (Å²) in [4.78, 5) is 27.5. The van der Waals surface area contributed by atoms with Crippen molar-refractivity contribution in [3.63, 3.8) is 0 Å². The minimum absolute atomic E-state index is 0.213. The maximum Gasteiger partial charge on any atom is 0.270 e. The first kappa shape index (κ1) is 17.8. The highest BCUT2D eigenvalue weighted by Gasteiger charge is 2.40. The number of ether oxygens (including phenoxy) is 2. The van der Waals surface area contributed by atoms with E-state index in [0.717, 1.165) is 37.3 Å². The summed E-state index contributed by atoms with van der Waals surface area (Å²) < 4.78 is 11.6. The minimum Gasteiger partial charge on any atom is -0.356 e. The third kappa shape index (κ3) is 4.06. The molecule has 2 aromatic heterocycles. The molecule has 1 amide bonds. The Balaban J connectivity index is 1.42. The molecule has 0 bridgehead atoms. The van der Waals surface area contributed by atoms with Crippen LogP contribution >= 0.6 is 0 Å². The highest BCUT2D eigenvalue weighted by atomic mass is 16.7. The zero-order valence-electron chi connectivity index (χ0n) is 15.4. The number of hydrogen-bond donors (Lipinski definition) is 1. The minimum atomic E-state index is -0.427. The first-order valence-corrected chi connectivity index (χ1v) is 9.19. The highest BCUT2D eigenvalue weighted by Crippen LogP contribution is 2.32. The number of rotatable bonds is 4. The standard InChI is InChI=1S/C19H23N5O3/c1-14-22-16(18(25)21-13-15-2-6-20-7-3-15)12-17(23-14)24-8-4-19(5-9-24)26-10-11-27-19/h2-3,6-7,12H,4-5,8-11,13H2,1H3,(H,21,25). The second kappa shape index (κ2) is 7.58. The van der Waals surface area contributed by atoms with Gasteiger partial charge in [-0.3, -0.25) is 9.78 Å². The van der Waals surface area contributed by atoms with Gasteiger partial charge in [-0.1, -0.05) is 0 Å². The molecule has 8 nitrogen and oxygen atoms in total. The average Bonchev–Trinajstić information content (AvgIpc) is 3.15. The van der Waals surface area contributed by atoms with Crippen molar-refractivity contribution in [1.29, 1.82) is 0 Å². The molecule has 0 aliphatic carbocycles. The van der Waals surface area contributed by atoms with Crippen molar-refractivity contribution in [3.8, 4) is 0 Å². The number of amides is 1. The van der Waals surface area contributed by atoms with E-state index in [1.54, 1.807) is 25.4 Å². The summed E-state index contributed by atoms with van der Waals surface area (Å²) in [5.41, 5.74) is 1.36. The Morgan fingerprint density at radius 1 is 1.19 bits per heavy atom. The Labute approximate surface area is 157 Å². The molecular formula is C19H23N5O3. The molecule has 0 radical (unpaired) electrons. The second-order valence-electron chi connectivity index (χ2n) is 6.79. The Bertz CT molecular complexity index is 798. The van der Waals surface area contributed by atoms with Gasteiger partial charge in [0.1, 0.15) is 17.3 Å². The van der Waals surface area contributed by atoms with Crippen LogP contribution < -0.4 is 10.2 Å². The van der Waals surface area contributed by atoms with Crippen LogP contribution in [0.25, 0.3) is 0 Å². The quantitative estimate of drug-likeness (QED) is 0.872. The van der Waals surface area contributed by atoms with Crippen LogP contribution in [0.4, 0.5) is 5.82 Å². The highest BCUT2D eigenvalue weighted by molar-refractivity contribution is 5.92. The van der Waals surface area contributed by atoms with Crippen molar-refractivity contribution in [3.05, 3.63) is 47.7 Å². The molecule has 0 aromatic carbocycles. The van der Waals surface area contributed by atoms with E-state index in [1.165, 1.54) is 0 Å². The summed E-state index contributed by atoms with van der Waals surface area (Å²) in [7, 11) is 0. The lowest BCUT2D eigenvalue weighted by Crippen LogP contribution is -2.45. The lowest BCUT2D eigenvalue weighted by Gasteiger charge is -2.38. The molecule has 2 fully saturated rings. The fraction of sp³-hybridized carbons (Fsp3) is 0.474. The zero-order chi connectivity index (χ0) is 18.7. The normalized spacial score (nSPS) is 18.6. The molecule has 4 heterocycles. The van der Waals surface area contributed by atoms with Crippen molar-refractivity contribution in [2.75, 3.05) is 31.2 Å². The molecule has 0 unspecified atom stereocenters. The van der Waals surface area contributed by atoms with E-state index in [1.807, 2.05) is 12.1 Å². The number of anilines is 1. The maximum atomic E-state index is 12.5. The van der Waals surface area contributed by atoms with Gasteiger partial charge in [0.05, 0.1) is 13.2 Å². The van der Waals surface area contributed by atoms with E-state index in [2.05, 4.69) is 25.2 Å². The van der Waals surface area contributed by atoms with Gasteiger partial charge >= 0.3 is 0 Å². The molecule has 8 heteroatoms. The van der Waals surface area contributed by atoms with Crippen LogP contribution in [-0.2, 0) is 16.0 Å². The van der Waals surface area contributed by atoms with Crippen molar-refractivity contribution in [1.82, 2.24) is 20.3 Å². The van der Waals surface area contributed by atoms with Crippen LogP contribution in [0.1, 0.15) is 34.7 Å². The predicted molar refractivity (Wildman–Crippen MR) is 98.3 cm³/mol. The van der Waals surface area contributed by atoms with Crippen LogP contribution in [0.3, 0.4) is 0 Å². The summed E-state index contributed by atoms with van der Waals surface area (Å²) >= 11 is 0. The predicted octanol–water partition coefficient (Wildman–Crippen LogP) is 1.45. The number of aryl methyl sites for hydroxylation is 1. The van der Waals surface area contributed by atoms with Crippen LogP contribution in [0, 0.1) is 6.92 Å². The van der Waals surface area contributed by atoms with Crippen LogP contribution in [0.15, 0.2) is 30.6 Å². The fourth-order valence-corrected chi connectivity index (χ4v) is 3.47. The molecule has 2 aliphatic rings. The number of carbonyl (C=O) groups excluding carboxylic acids is 1. The number of pyridine rings is 1. The van der Waals surface area contributed by atoms with E-state index in [0.29, 0.717) is 31.3 Å². The summed E-state index contributed by atoms with van der Waals surface area (Å²) in [5.74, 6) is 0.706. The van der Waals surface area contributed by atoms with Crippen LogP contribution in [0.2, 0.25) is 0 Å². The Morgan fingerprint density at radius 3 is 2.59 bits per heavy atom. The monoisotopic (exact) mass is 369 g/mol. The summed E-state index contributed by atoms with van der Waals surface area (Å²) in [5, 5.41) is 2.90. The molecule has 2 aromatic rings. The van der Waals surface area contributed by atoms with Gasteiger partial charge in [0.25, 0.3) is 5.91 Å². The van der Waals surface area contributed by atoms with Gasteiger partial charge < -0.3 is 19.7 Å². The van der Waals surface area contributed by atoms with Gasteiger partial charge in [0.15, 0.2) is 5.79 Å². The molecular weight excluding hydrogens is 346 g/mol. The Hall–Kier alpha value is -2.58. The molecule has 4 rings (SSSR count). The van der Waals surface area contributed by atoms with E-state index >= 15 is 0 Å². The molecule has 0 saturated carbocycles. The summed E-state index contributed by atoms with van der Waals surface area (Å²) in [6.07, 6.45) is 4.99.